The van der Waals surface area contributed by atoms with E-state index in [1.165, 1.54) is 32.6 Å². The van der Waals surface area contributed by atoms with Crippen molar-refractivity contribution in [3.8, 4) is 0 Å². The van der Waals surface area contributed by atoms with E-state index in [0.717, 1.165) is 5.56 Å². The van der Waals surface area contributed by atoms with E-state index in [2.05, 4.69) is 4.98 Å². The summed E-state index contributed by atoms with van der Waals surface area (Å²) in [5, 5.41) is 0. The van der Waals surface area contributed by atoms with Crippen LogP contribution >= 0.6 is 0 Å². The fraction of sp³-hybridized carbons (Fsp3) is 0.308. The van der Waals surface area contributed by atoms with Crippen molar-refractivity contribution in [3.63, 3.8) is 0 Å². The van der Waals surface area contributed by atoms with Crippen molar-refractivity contribution < 1.29 is 14.0 Å². The van der Waals surface area contributed by atoms with Gasteiger partial charge in [-0.2, -0.15) is 0 Å². The van der Waals surface area contributed by atoms with E-state index in [1.54, 1.807) is 6.07 Å². The molecule has 36 heavy (non-hydrogen) atoms. The molecule has 4 rings (SSSR count). The van der Waals surface area contributed by atoms with Gasteiger partial charge in [-0.1, -0.05) is 56.3 Å². The molecule has 0 spiro atoms. The second-order valence-electron chi connectivity index (χ2n) is 9.26. The molecule has 2 aromatic carbocycles. The minimum absolute atomic E-state index is 0.0331. The molecule has 3 N–H and O–H groups in total. The lowest BCUT2D eigenvalue weighted by molar-refractivity contribution is -0.124. The van der Waals surface area contributed by atoms with Gasteiger partial charge < -0.3 is 15.5 Å². The van der Waals surface area contributed by atoms with Gasteiger partial charge in [0.15, 0.2) is 5.69 Å². The van der Waals surface area contributed by atoms with Gasteiger partial charge >= 0.3 is 5.69 Å². The van der Waals surface area contributed by atoms with Gasteiger partial charge in [0.1, 0.15) is 11.6 Å². The Hall–Kier alpha value is -4.21. The van der Waals surface area contributed by atoms with Crippen molar-refractivity contribution in [2.45, 2.75) is 26.8 Å². The monoisotopic (exact) mass is 493 g/mol. The number of H-pyrrole nitrogens is 1. The Labute approximate surface area is 207 Å². The number of carbonyl (C=O) groups excluding carboxylic acids is 2. The minimum Gasteiger partial charge on any atom is -0.383 e. The molecule has 0 unspecified atom stereocenters. The van der Waals surface area contributed by atoms with Gasteiger partial charge in [-0.05, 0) is 23.6 Å². The zero-order valence-electron chi connectivity index (χ0n) is 20.1. The maximum atomic E-state index is 14.3. The fourth-order valence-electron chi connectivity index (χ4n) is 4.41. The Morgan fingerprint density at radius 1 is 1.11 bits per heavy atom. The highest BCUT2D eigenvalue weighted by molar-refractivity contribution is 6.05. The lowest BCUT2D eigenvalue weighted by Crippen LogP contribution is -2.45. The number of carbonyl (C=O) groups is 2. The maximum Gasteiger partial charge on any atom is 0.330 e. The molecule has 1 saturated heterocycles. The van der Waals surface area contributed by atoms with Gasteiger partial charge in [0.05, 0.1) is 18.2 Å². The molecule has 0 saturated carbocycles. The van der Waals surface area contributed by atoms with Crippen molar-refractivity contribution >= 4 is 29.0 Å². The van der Waals surface area contributed by atoms with Crippen LogP contribution < -0.4 is 26.8 Å². The first-order chi connectivity index (χ1) is 17.2. The average Bonchev–Trinajstić information content (AvgIpc) is 3.22. The van der Waals surface area contributed by atoms with Gasteiger partial charge in [0.2, 0.25) is 11.8 Å². The number of hydrogen-bond donors (Lipinski definition) is 2. The van der Waals surface area contributed by atoms with E-state index in [4.69, 9.17) is 5.73 Å². The number of halogens is 1. The normalized spacial score (nSPS) is 15.5. The first-order valence-corrected chi connectivity index (χ1v) is 11.7. The van der Waals surface area contributed by atoms with Crippen molar-refractivity contribution in [2.24, 2.45) is 11.8 Å². The highest BCUT2D eigenvalue weighted by Crippen LogP contribution is 2.30. The second kappa shape index (κ2) is 10.2. The van der Waals surface area contributed by atoms with E-state index >= 15 is 0 Å². The Kier molecular flexibility index (Phi) is 7.05. The summed E-state index contributed by atoms with van der Waals surface area (Å²) in [6.45, 7) is 3.95. The third kappa shape index (κ3) is 4.93. The molecule has 1 aliphatic rings. The molecular formula is C26H28FN5O4. The van der Waals surface area contributed by atoms with Crippen LogP contribution in [0.5, 0.6) is 0 Å². The van der Waals surface area contributed by atoms with Crippen LogP contribution in [0.2, 0.25) is 0 Å². The number of rotatable bonds is 7. The number of nitrogens with two attached hydrogens (primary N) is 1. The molecule has 1 aromatic heterocycles. The van der Waals surface area contributed by atoms with Gasteiger partial charge in [-0.3, -0.25) is 23.9 Å². The molecule has 1 atom stereocenters. The van der Waals surface area contributed by atoms with Crippen molar-refractivity contribution in [1.82, 2.24) is 9.55 Å². The van der Waals surface area contributed by atoms with E-state index in [0.29, 0.717) is 0 Å². The highest BCUT2D eigenvalue weighted by atomic mass is 19.1. The summed E-state index contributed by atoms with van der Waals surface area (Å²) >= 11 is 0. The third-order valence-corrected chi connectivity index (χ3v) is 6.10. The van der Waals surface area contributed by atoms with Crippen LogP contribution in [0.15, 0.2) is 64.2 Å². The molecular weight excluding hydrogens is 465 g/mol. The summed E-state index contributed by atoms with van der Waals surface area (Å²) < 4.78 is 15.5. The molecule has 9 nitrogen and oxygen atoms in total. The first-order valence-electron chi connectivity index (χ1n) is 11.7. The first kappa shape index (κ1) is 24.9. The van der Waals surface area contributed by atoms with Crippen LogP contribution in [0, 0.1) is 17.7 Å². The van der Waals surface area contributed by atoms with Gasteiger partial charge in [0, 0.05) is 19.5 Å². The quantitative estimate of drug-likeness (QED) is 0.523. The zero-order chi connectivity index (χ0) is 26.0. The van der Waals surface area contributed by atoms with Crippen LogP contribution in [0.3, 0.4) is 0 Å². The smallest absolute Gasteiger partial charge is 0.330 e. The van der Waals surface area contributed by atoms with Crippen molar-refractivity contribution in [3.05, 3.63) is 86.8 Å². The van der Waals surface area contributed by atoms with Crippen molar-refractivity contribution in [2.75, 3.05) is 28.6 Å². The van der Waals surface area contributed by atoms with Crippen LogP contribution in [0.1, 0.15) is 25.8 Å². The van der Waals surface area contributed by atoms with Crippen molar-refractivity contribution in [1.29, 1.82) is 0 Å². The summed E-state index contributed by atoms with van der Waals surface area (Å²) in [7, 11) is 0. The minimum atomic E-state index is -0.816. The molecule has 188 valence electrons. The molecule has 1 aliphatic heterocycles. The topological polar surface area (TPSA) is 121 Å². The lowest BCUT2D eigenvalue weighted by Gasteiger charge is -2.28. The predicted molar refractivity (Wildman–Crippen MR) is 135 cm³/mol. The maximum absolute atomic E-state index is 14.3. The highest BCUT2D eigenvalue weighted by Gasteiger charge is 2.39. The number of nitrogens with one attached hydrogen (secondary N) is 1. The zero-order valence-corrected chi connectivity index (χ0v) is 20.1. The number of amides is 2. The Morgan fingerprint density at radius 3 is 2.44 bits per heavy atom. The number of para-hydroxylation sites is 1. The number of nitrogen functional groups attached to an aromatic ring is 1. The fourth-order valence-corrected chi connectivity index (χ4v) is 4.41. The third-order valence-electron chi connectivity index (χ3n) is 6.10. The van der Waals surface area contributed by atoms with Gasteiger partial charge in [-0.15, -0.1) is 0 Å². The molecule has 3 aromatic rings. The average molecular weight is 494 g/mol. The number of aromatic nitrogens is 2. The van der Waals surface area contributed by atoms with Gasteiger partial charge in [0.25, 0.3) is 5.56 Å². The van der Waals surface area contributed by atoms with Crippen LogP contribution in [-0.2, 0) is 16.1 Å². The number of aromatic amines is 1. The molecule has 2 amide bonds. The Morgan fingerprint density at radius 2 is 1.78 bits per heavy atom. The number of nitrogens with zero attached hydrogens (tertiary/aromatic N) is 3. The number of benzene rings is 2. The lowest BCUT2D eigenvalue weighted by atomic mass is 10.1. The standard InChI is InChI=1S/C26H28FN5O4/c1-16(2)13-31(25(35)18-12-21(33)30(15-18)20-11-7-6-10-19(20)27)22-23(28)32(26(36)29-24(22)34)14-17-8-4-3-5-9-17/h3-11,16,18H,12-15,28H2,1-2H3,(H,29,34,36)/t18-/m1/s1. The molecule has 0 aliphatic carbocycles. The molecule has 10 heteroatoms. The SMILES string of the molecule is CC(C)CN(C(=O)[C@@H]1CC(=O)N(c2ccccc2F)C1)c1c(N)n(Cc2ccccc2)c(=O)[nH]c1=O. The molecule has 2 heterocycles. The summed E-state index contributed by atoms with van der Waals surface area (Å²) in [5.41, 5.74) is 5.60. The van der Waals surface area contributed by atoms with Crippen LogP contribution in [0.4, 0.5) is 21.6 Å². The summed E-state index contributed by atoms with van der Waals surface area (Å²) in [6.07, 6.45) is -0.136. The Balaban J connectivity index is 1.71. The van der Waals surface area contributed by atoms with E-state index in [-0.39, 0.29) is 55.1 Å². The van der Waals surface area contributed by atoms with Crippen LogP contribution in [-0.4, -0.2) is 34.5 Å². The molecule has 0 radical (unpaired) electrons. The predicted octanol–water partition coefficient (Wildman–Crippen LogP) is 2.35. The second-order valence-corrected chi connectivity index (χ2v) is 9.26. The largest absolute Gasteiger partial charge is 0.383 e. The summed E-state index contributed by atoms with van der Waals surface area (Å²) in [5.74, 6) is -2.45. The van der Waals surface area contributed by atoms with Crippen LogP contribution in [0.25, 0.3) is 0 Å². The van der Waals surface area contributed by atoms with Gasteiger partial charge in [-0.25, -0.2) is 9.18 Å². The van der Waals surface area contributed by atoms with E-state index < -0.39 is 28.9 Å². The summed E-state index contributed by atoms with van der Waals surface area (Å²) in [6, 6.07) is 15.0. The summed E-state index contributed by atoms with van der Waals surface area (Å²) in [4.78, 5) is 56.7. The van der Waals surface area contributed by atoms with E-state index in [1.807, 2.05) is 44.2 Å². The van der Waals surface area contributed by atoms with E-state index in [9.17, 15) is 23.6 Å². The molecule has 0 bridgehead atoms. The Bertz CT molecular complexity index is 1400. The molecule has 1 fully saturated rings. The number of anilines is 3. The number of hydrogen-bond acceptors (Lipinski definition) is 5.